The van der Waals surface area contributed by atoms with E-state index in [1.165, 1.54) is 43.4 Å². The number of thiophene rings is 1. The first kappa shape index (κ1) is 15.5. The van der Waals surface area contributed by atoms with E-state index in [2.05, 4.69) is 17.3 Å². The van der Waals surface area contributed by atoms with Crippen LogP contribution in [0.5, 0.6) is 0 Å². The Hall–Kier alpha value is -0.870. The van der Waals surface area contributed by atoms with Crippen molar-refractivity contribution < 1.29 is 4.79 Å². The molecule has 1 heterocycles. The first-order chi connectivity index (χ1) is 9.68. The minimum absolute atomic E-state index is 0.0813. The molecule has 0 spiro atoms. The Kier molecular flexibility index (Phi) is 6.05. The smallest absolute Gasteiger partial charge is 0.261 e. The number of rotatable bonds is 6. The molecule has 1 aromatic heterocycles. The molecule has 0 unspecified atom stereocenters. The van der Waals surface area contributed by atoms with E-state index in [4.69, 9.17) is 0 Å². The SMILES string of the molecule is Cc1ccsc1C(=O)NCCCN(C)C1CCCCC1. The zero-order valence-corrected chi connectivity index (χ0v) is 13.5. The predicted molar refractivity (Wildman–Crippen MR) is 85.5 cm³/mol. The van der Waals surface area contributed by atoms with Crippen molar-refractivity contribution in [3.63, 3.8) is 0 Å². The highest BCUT2D eigenvalue weighted by Gasteiger charge is 2.17. The Labute approximate surface area is 126 Å². The Bertz CT molecular complexity index is 424. The number of nitrogens with zero attached hydrogens (tertiary/aromatic N) is 1. The van der Waals surface area contributed by atoms with E-state index in [0.717, 1.165) is 36.0 Å². The normalized spacial score (nSPS) is 16.6. The number of carbonyl (C=O) groups is 1. The second kappa shape index (κ2) is 7.79. The van der Waals surface area contributed by atoms with Gasteiger partial charge in [0.1, 0.15) is 0 Å². The van der Waals surface area contributed by atoms with Crippen LogP contribution in [0.4, 0.5) is 0 Å². The molecule has 1 aromatic rings. The van der Waals surface area contributed by atoms with Gasteiger partial charge in [-0.2, -0.15) is 0 Å². The maximum Gasteiger partial charge on any atom is 0.261 e. The van der Waals surface area contributed by atoms with Gasteiger partial charge in [-0.15, -0.1) is 11.3 Å². The van der Waals surface area contributed by atoms with Crippen molar-refractivity contribution in [3.05, 3.63) is 21.9 Å². The van der Waals surface area contributed by atoms with Crippen LogP contribution in [0.1, 0.15) is 53.8 Å². The van der Waals surface area contributed by atoms with Crippen LogP contribution in [0.25, 0.3) is 0 Å². The molecule has 1 amide bonds. The van der Waals surface area contributed by atoms with Gasteiger partial charge in [-0.1, -0.05) is 19.3 Å². The number of hydrogen-bond acceptors (Lipinski definition) is 3. The second-order valence-corrected chi connectivity index (χ2v) is 6.73. The average molecular weight is 294 g/mol. The summed E-state index contributed by atoms with van der Waals surface area (Å²) in [7, 11) is 2.22. The van der Waals surface area contributed by atoms with Crippen molar-refractivity contribution in [3.8, 4) is 0 Å². The Morgan fingerprint density at radius 3 is 2.80 bits per heavy atom. The van der Waals surface area contributed by atoms with E-state index in [0.29, 0.717) is 0 Å². The highest BCUT2D eigenvalue weighted by Crippen LogP contribution is 2.21. The Morgan fingerprint density at radius 1 is 1.40 bits per heavy atom. The van der Waals surface area contributed by atoms with Crippen LogP contribution in [0.15, 0.2) is 11.4 Å². The molecule has 3 nitrogen and oxygen atoms in total. The summed E-state index contributed by atoms with van der Waals surface area (Å²) in [6.07, 6.45) is 7.88. The van der Waals surface area contributed by atoms with Gasteiger partial charge in [-0.3, -0.25) is 4.79 Å². The van der Waals surface area contributed by atoms with Crippen LogP contribution in [0.2, 0.25) is 0 Å². The number of aryl methyl sites for hydroxylation is 1. The van der Waals surface area contributed by atoms with Crippen molar-refractivity contribution >= 4 is 17.2 Å². The molecule has 1 aliphatic rings. The highest BCUT2D eigenvalue weighted by atomic mass is 32.1. The summed E-state index contributed by atoms with van der Waals surface area (Å²) in [5.41, 5.74) is 1.08. The first-order valence-electron chi connectivity index (χ1n) is 7.71. The molecule has 0 aromatic carbocycles. The summed E-state index contributed by atoms with van der Waals surface area (Å²) in [6, 6.07) is 2.76. The monoisotopic (exact) mass is 294 g/mol. The molecule has 112 valence electrons. The zero-order valence-electron chi connectivity index (χ0n) is 12.7. The van der Waals surface area contributed by atoms with Gasteiger partial charge in [0.2, 0.25) is 0 Å². The summed E-state index contributed by atoms with van der Waals surface area (Å²) in [6.45, 7) is 3.84. The molecular formula is C16H26N2OS. The van der Waals surface area contributed by atoms with Crippen LogP contribution in [-0.4, -0.2) is 37.0 Å². The van der Waals surface area contributed by atoms with Crippen LogP contribution >= 0.6 is 11.3 Å². The lowest BCUT2D eigenvalue weighted by molar-refractivity contribution is 0.0954. The summed E-state index contributed by atoms with van der Waals surface area (Å²) in [5.74, 6) is 0.0813. The first-order valence-corrected chi connectivity index (χ1v) is 8.59. The van der Waals surface area contributed by atoms with Gasteiger partial charge >= 0.3 is 0 Å². The predicted octanol–water partition coefficient (Wildman–Crippen LogP) is 3.44. The topological polar surface area (TPSA) is 32.3 Å². The molecule has 0 atom stereocenters. The third kappa shape index (κ3) is 4.32. The van der Waals surface area contributed by atoms with Crippen LogP contribution in [-0.2, 0) is 0 Å². The molecular weight excluding hydrogens is 268 g/mol. The van der Waals surface area contributed by atoms with Gasteiger partial charge in [-0.25, -0.2) is 0 Å². The molecule has 0 saturated heterocycles. The lowest BCUT2D eigenvalue weighted by atomic mass is 9.94. The molecule has 4 heteroatoms. The standard InChI is InChI=1S/C16H26N2OS/c1-13-9-12-20-15(13)16(19)17-10-6-11-18(2)14-7-4-3-5-8-14/h9,12,14H,3-8,10-11H2,1-2H3,(H,17,19). The van der Waals surface area contributed by atoms with Crippen molar-refractivity contribution in [2.75, 3.05) is 20.1 Å². The molecule has 20 heavy (non-hydrogen) atoms. The zero-order chi connectivity index (χ0) is 14.4. The summed E-state index contributed by atoms with van der Waals surface area (Å²) >= 11 is 1.52. The maximum atomic E-state index is 12.0. The molecule has 1 saturated carbocycles. The minimum atomic E-state index is 0.0813. The van der Waals surface area contributed by atoms with E-state index in [1.54, 1.807) is 0 Å². The maximum absolute atomic E-state index is 12.0. The van der Waals surface area contributed by atoms with E-state index < -0.39 is 0 Å². The third-order valence-corrected chi connectivity index (χ3v) is 5.25. The number of carbonyl (C=O) groups excluding carboxylic acids is 1. The molecule has 0 radical (unpaired) electrons. The van der Waals surface area contributed by atoms with Gasteiger partial charge in [0, 0.05) is 12.6 Å². The minimum Gasteiger partial charge on any atom is -0.351 e. The molecule has 1 aliphatic carbocycles. The summed E-state index contributed by atoms with van der Waals surface area (Å²) in [5, 5.41) is 5.00. The lowest BCUT2D eigenvalue weighted by Gasteiger charge is -2.31. The van der Waals surface area contributed by atoms with Crippen LogP contribution in [0, 0.1) is 6.92 Å². The molecule has 0 bridgehead atoms. The summed E-state index contributed by atoms with van der Waals surface area (Å²) in [4.78, 5) is 15.3. The molecule has 2 rings (SSSR count). The van der Waals surface area contributed by atoms with Gasteiger partial charge in [0.25, 0.3) is 5.91 Å². The summed E-state index contributed by atoms with van der Waals surface area (Å²) < 4.78 is 0. The largest absolute Gasteiger partial charge is 0.351 e. The second-order valence-electron chi connectivity index (χ2n) is 5.81. The van der Waals surface area contributed by atoms with Crippen LogP contribution in [0.3, 0.4) is 0 Å². The highest BCUT2D eigenvalue weighted by molar-refractivity contribution is 7.12. The van der Waals surface area contributed by atoms with Crippen molar-refractivity contribution in [2.24, 2.45) is 0 Å². The Morgan fingerprint density at radius 2 is 2.15 bits per heavy atom. The fraction of sp³-hybridized carbons (Fsp3) is 0.688. The fourth-order valence-corrected chi connectivity index (χ4v) is 3.76. The van der Waals surface area contributed by atoms with E-state index in [9.17, 15) is 4.79 Å². The van der Waals surface area contributed by atoms with Gasteiger partial charge in [0.05, 0.1) is 4.88 Å². The fourth-order valence-electron chi connectivity index (χ4n) is 2.92. The van der Waals surface area contributed by atoms with Crippen molar-refractivity contribution in [1.29, 1.82) is 0 Å². The van der Waals surface area contributed by atoms with Crippen LogP contribution < -0.4 is 5.32 Å². The third-order valence-electron chi connectivity index (χ3n) is 4.24. The van der Waals surface area contributed by atoms with E-state index in [-0.39, 0.29) is 5.91 Å². The van der Waals surface area contributed by atoms with Crippen molar-refractivity contribution in [1.82, 2.24) is 10.2 Å². The molecule has 0 aliphatic heterocycles. The number of hydrogen-bond donors (Lipinski definition) is 1. The van der Waals surface area contributed by atoms with Gasteiger partial charge < -0.3 is 10.2 Å². The van der Waals surface area contributed by atoms with Gasteiger partial charge in [-0.05, 0) is 56.8 Å². The average Bonchev–Trinajstić information content (AvgIpc) is 2.90. The molecule has 1 fully saturated rings. The van der Waals surface area contributed by atoms with Gasteiger partial charge in [0.15, 0.2) is 0 Å². The van der Waals surface area contributed by atoms with E-state index in [1.807, 2.05) is 18.4 Å². The Balaban J connectivity index is 1.63. The molecule has 1 N–H and O–H groups in total. The number of amides is 1. The quantitative estimate of drug-likeness (QED) is 0.815. The van der Waals surface area contributed by atoms with E-state index >= 15 is 0 Å². The van der Waals surface area contributed by atoms with Crippen molar-refractivity contribution in [2.45, 2.75) is 51.5 Å². The lowest BCUT2D eigenvalue weighted by Crippen LogP contribution is -2.35. The number of nitrogens with one attached hydrogen (secondary N) is 1.